The van der Waals surface area contributed by atoms with E-state index in [2.05, 4.69) is 15.6 Å². The van der Waals surface area contributed by atoms with Crippen molar-refractivity contribution in [3.05, 3.63) is 29.6 Å². The van der Waals surface area contributed by atoms with Crippen LogP contribution in [0, 0.1) is 5.92 Å². The first-order chi connectivity index (χ1) is 10.1. The van der Waals surface area contributed by atoms with Crippen LogP contribution in [0.15, 0.2) is 18.3 Å². The lowest BCUT2D eigenvalue weighted by Crippen LogP contribution is -2.45. The van der Waals surface area contributed by atoms with Crippen LogP contribution in [0.3, 0.4) is 0 Å². The third-order valence-corrected chi connectivity index (χ3v) is 3.93. The van der Waals surface area contributed by atoms with E-state index in [1.165, 1.54) is 0 Å². The number of aryl methyl sites for hydroxylation is 1. The molecule has 6 nitrogen and oxygen atoms in total. The van der Waals surface area contributed by atoms with Crippen molar-refractivity contribution in [3.63, 3.8) is 0 Å². The monoisotopic (exact) mass is 291 g/mol. The van der Waals surface area contributed by atoms with E-state index >= 15 is 0 Å². The predicted octanol–water partition coefficient (Wildman–Crippen LogP) is 1.70. The van der Waals surface area contributed by atoms with Gasteiger partial charge < -0.3 is 15.7 Å². The lowest BCUT2D eigenvalue weighted by atomic mass is 10.0. The second-order valence-corrected chi connectivity index (χ2v) is 5.27. The topological polar surface area (TPSA) is 91.3 Å². The van der Waals surface area contributed by atoms with Crippen LogP contribution >= 0.6 is 0 Å². The van der Waals surface area contributed by atoms with Crippen molar-refractivity contribution in [1.82, 2.24) is 15.6 Å². The minimum Gasteiger partial charge on any atom is -0.481 e. The summed E-state index contributed by atoms with van der Waals surface area (Å²) in [5.41, 5.74) is 1.94. The van der Waals surface area contributed by atoms with Crippen LogP contribution in [0.25, 0.3) is 0 Å². The fourth-order valence-corrected chi connectivity index (χ4v) is 2.76. The average Bonchev–Trinajstić information content (AvgIpc) is 2.93. The van der Waals surface area contributed by atoms with Crippen molar-refractivity contribution < 1.29 is 14.7 Å². The molecule has 2 atom stereocenters. The molecule has 0 bridgehead atoms. The summed E-state index contributed by atoms with van der Waals surface area (Å²) in [5, 5.41) is 14.6. The highest BCUT2D eigenvalue weighted by Gasteiger charge is 2.33. The standard InChI is InChI=1S/C15H21N3O3/c1-2-10-5-4-8-16-13(10)9-17-15(21)18-12-7-3-6-11(12)14(19)20/h4-5,8,11-12H,2-3,6-7,9H2,1H3,(H,19,20)(H2,17,18,21). The molecule has 2 amide bonds. The molecule has 0 radical (unpaired) electrons. The van der Waals surface area contributed by atoms with Gasteiger partial charge in [-0.1, -0.05) is 19.4 Å². The molecule has 1 saturated carbocycles. The van der Waals surface area contributed by atoms with Crippen LogP contribution in [0.4, 0.5) is 4.79 Å². The van der Waals surface area contributed by atoms with Gasteiger partial charge in [-0.25, -0.2) is 4.79 Å². The Labute approximate surface area is 124 Å². The summed E-state index contributed by atoms with van der Waals surface area (Å²) in [5.74, 6) is -1.31. The second-order valence-electron chi connectivity index (χ2n) is 5.27. The summed E-state index contributed by atoms with van der Waals surface area (Å²) in [7, 11) is 0. The molecule has 0 spiro atoms. The molecule has 0 aliphatic heterocycles. The average molecular weight is 291 g/mol. The second kappa shape index (κ2) is 7.06. The number of carbonyl (C=O) groups is 2. The van der Waals surface area contributed by atoms with Crippen molar-refractivity contribution in [2.75, 3.05) is 0 Å². The summed E-state index contributed by atoms with van der Waals surface area (Å²) in [6, 6.07) is 3.25. The van der Waals surface area contributed by atoms with Gasteiger partial charge in [-0.05, 0) is 30.9 Å². The lowest BCUT2D eigenvalue weighted by Gasteiger charge is -2.18. The van der Waals surface area contributed by atoms with Crippen LogP contribution in [0.1, 0.15) is 37.4 Å². The number of amides is 2. The summed E-state index contributed by atoms with van der Waals surface area (Å²) in [6.45, 7) is 2.39. The maximum absolute atomic E-state index is 11.9. The van der Waals surface area contributed by atoms with E-state index in [1.807, 2.05) is 19.1 Å². The number of nitrogens with zero attached hydrogens (tertiary/aromatic N) is 1. The Balaban J connectivity index is 1.86. The highest BCUT2D eigenvalue weighted by atomic mass is 16.4. The van der Waals surface area contributed by atoms with E-state index in [-0.39, 0.29) is 12.1 Å². The number of carboxylic acids is 1. The number of hydrogen-bond donors (Lipinski definition) is 3. The van der Waals surface area contributed by atoms with E-state index in [9.17, 15) is 9.59 Å². The number of pyridine rings is 1. The van der Waals surface area contributed by atoms with Crippen LogP contribution in [0.5, 0.6) is 0 Å². The molecule has 6 heteroatoms. The third kappa shape index (κ3) is 3.93. The van der Waals surface area contributed by atoms with Crippen molar-refractivity contribution >= 4 is 12.0 Å². The zero-order chi connectivity index (χ0) is 15.2. The number of carbonyl (C=O) groups excluding carboxylic acids is 1. The Morgan fingerprint density at radius 3 is 2.95 bits per heavy atom. The molecule has 1 aromatic heterocycles. The van der Waals surface area contributed by atoms with Crippen molar-refractivity contribution in [1.29, 1.82) is 0 Å². The number of aliphatic carboxylic acids is 1. The van der Waals surface area contributed by atoms with Gasteiger partial charge >= 0.3 is 12.0 Å². The van der Waals surface area contributed by atoms with Crippen molar-refractivity contribution in [2.45, 2.75) is 45.2 Å². The van der Waals surface area contributed by atoms with E-state index < -0.39 is 11.9 Å². The predicted molar refractivity (Wildman–Crippen MR) is 77.8 cm³/mol. The molecule has 3 N–H and O–H groups in total. The van der Waals surface area contributed by atoms with Gasteiger partial charge in [-0.2, -0.15) is 0 Å². The van der Waals surface area contributed by atoms with Gasteiger partial charge in [0.05, 0.1) is 18.2 Å². The summed E-state index contributed by atoms with van der Waals surface area (Å²) >= 11 is 0. The highest BCUT2D eigenvalue weighted by Crippen LogP contribution is 2.25. The number of urea groups is 1. The Morgan fingerprint density at radius 2 is 2.24 bits per heavy atom. The first-order valence-electron chi connectivity index (χ1n) is 7.31. The SMILES string of the molecule is CCc1cccnc1CNC(=O)NC1CCCC1C(=O)O. The molecule has 2 rings (SSSR count). The van der Waals surface area contributed by atoms with Crippen LogP contribution in [-0.2, 0) is 17.8 Å². The third-order valence-electron chi connectivity index (χ3n) is 3.93. The largest absolute Gasteiger partial charge is 0.481 e. The van der Waals surface area contributed by atoms with Gasteiger partial charge in [0, 0.05) is 12.2 Å². The summed E-state index contributed by atoms with van der Waals surface area (Å²) in [6.07, 6.45) is 4.73. The molecule has 1 aromatic rings. The number of hydrogen-bond acceptors (Lipinski definition) is 3. The molecule has 1 aliphatic rings. The molecular weight excluding hydrogens is 270 g/mol. The van der Waals surface area contributed by atoms with Crippen LogP contribution in [0.2, 0.25) is 0 Å². The Bertz CT molecular complexity index is 519. The van der Waals surface area contributed by atoms with E-state index in [0.717, 1.165) is 24.1 Å². The minimum atomic E-state index is -0.837. The van der Waals surface area contributed by atoms with Gasteiger partial charge in [-0.3, -0.25) is 9.78 Å². The zero-order valence-electron chi connectivity index (χ0n) is 12.1. The molecule has 1 fully saturated rings. The Hall–Kier alpha value is -2.11. The van der Waals surface area contributed by atoms with E-state index in [1.54, 1.807) is 6.20 Å². The fraction of sp³-hybridized carbons (Fsp3) is 0.533. The number of aromatic nitrogens is 1. The number of carboxylic acid groups (broad SMARTS) is 1. The highest BCUT2D eigenvalue weighted by molar-refractivity contribution is 5.77. The maximum Gasteiger partial charge on any atom is 0.315 e. The summed E-state index contributed by atoms with van der Waals surface area (Å²) < 4.78 is 0. The smallest absolute Gasteiger partial charge is 0.315 e. The van der Waals surface area contributed by atoms with Gasteiger partial charge in [0.15, 0.2) is 0 Å². The van der Waals surface area contributed by atoms with Crippen LogP contribution in [-0.4, -0.2) is 28.1 Å². The summed E-state index contributed by atoms with van der Waals surface area (Å²) in [4.78, 5) is 27.2. The van der Waals surface area contributed by atoms with E-state index in [0.29, 0.717) is 19.4 Å². The molecule has 2 unspecified atom stereocenters. The molecule has 0 saturated heterocycles. The normalized spacial score (nSPS) is 21.0. The van der Waals surface area contributed by atoms with Gasteiger partial charge in [0.1, 0.15) is 0 Å². The fourth-order valence-electron chi connectivity index (χ4n) is 2.76. The molecule has 21 heavy (non-hydrogen) atoms. The zero-order valence-corrected chi connectivity index (χ0v) is 12.1. The first kappa shape index (κ1) is 15.3. The first-order valence-corrected chi connectivity index (χ1v) is 7.31. The maximum atomic E-state index is 11.9. The minimum absolute atomic E-state index is 0.281. The van der Waals surface area contributed by atoms with Crippen molar-refractivity contribution in [3.8, 4) is 0 Å². The molecule has 1 heterocycles. The molecule has 1 aliphatic carbocycles. The van der Waals surface area contributed by atoms with Crippen LogP contribution < -0.4 is 10.6 Å². The lowest BCUT2D eigenvalue weighted by molar-refractivity contribution is -0.142. The Kier molecular flexibility index (Phi) is 5.14. The van der Waals surface area contributed by atoms with Gasteiger partial charge in [0.25, 0.3) is 0 Å². The molecule has 0 aromatic carbocycles. The van der Waals surface area contributed by atoms with Gasteiger partial charge in [0.2, 0.25) is 0 Å². The molecular formula is C15H21N3O3. The molecule has 114 valence electrons. The number of rotatable bonds is 5. The van der Waals surface area contributed by atoms with Crippen molar-refractivity contribution in [2.24, 2.45) is 5.92 Å². The quantitative estimate of drug-likeness (QED) is 0.770. The number of nitrogens with one attached hydrogen (secondary N) is 2. The Morgan fingerprint density at radius 1 is 1.43 bits per heavy atom. The van der Waals surface area contributed by atoms with Gasteiger partial charge in [-0.15, -0.1) is 0 Å². The van der Waals surface area contributed by atoms with E-state index in [4.69, 9.17) is 5.11 Å².